The van der Waals surface area contributed by atoms with Gasteiger partial charge in [-0.15, -0.1) is 0 Å². The molecule has 0 bridgehead atoms. The van der Waals surface area contributed by atoms with E-state index >= 15 is 0 Å². The molecule has 2 rings (SSSR count). The van der Waals surface area contributed by atoms with E-state index in [1.54, 1.807) is 36.4 Å². The molecule has 100 valence electrons. The van der Waals surface area contributed by atoms with Crippen LogP contribution in [0, 0.1) is 16.1 Å². The number of ether oxygens (including phenoxy) is 1. The summed E-state index contributed by atoms with van der Waals surface area (Å²) in [4.78, 5) is 0.748. The first-order valence-corrected chi connectivity index (χ1v) is 6.60. The van der Waals surface area contributed by atoms with Crippen molar-refractivity contribution in [2.75, 3.05) is 7.11 Å². The number of hydrogen-bond acceptors (Lipinski definition) is 5. The molecule has 4 nitrogen and oxygen atoms in total. The number of rotatable bonds is 4. The molecule has 0 spiro atoms. The minimum Gasteiger partial charge on any atom is -0.507 e. The van der Waals surface area contributed by atoms with E-state index in [2.05, 4.69) is 0 Å². The SMILES string of the molecule is COc1cc(SC#N)ccc1C(=N)c1ccccc1O. The van der Waals surface area contributed by atoms with Gasteiger partial charge in [0.2, 0.25) is 0 Å². The monoisotopic (exact) mass is 284 g/mol. The van der Waals surface area contributed by atoms with Gasteiger partial charge in [0.25, 0.3) is 0 Å². The first-order valence-electron chi connectivity index (χ1n) is 5.78. The average Bonchev–Trinajstić information content (AvgIpc) is 2.47. The predicted molar refractivity (Wildman–Crippen MR) is 78.5 cm³/mol. The maximum absolute atomic E-state index is 9.82. The Kier molecular flexibility index (Phi) is 4.28. The molecule has 0 saturated heterocycles. The second kappa shape index (κ2) is 6.13. The molecule has 0 fully saturated rings. The number of methoxy groups -OCH3 is 1. The average molecular weight is 284 g/mol. The molecule has 0 unspecified atom stereocenters. The number of aromatic hydroxyl groups is 1. The summed E-state index contributed by atoms with van der Waals surface area (Å²) in [7, 11) is 1.51. The third kappa shape index (κ3) is 2.76. The summed E-state index contributed by atoms with van der Waals surface area (Å²) < 4.78 is 5.27. The van der Waals surface area contributed by atoms with E-state index in [1.807, 2.05) is 5.40 Å². The minimum atomic E-state index is 0.0510. The molecular formula is C15H12N2O2S. The maximum Gasteiger partial charge on any atom is 0.138 e. The van der Waals surface area contributed by atoms with Crippen LogP contribution < -0.4 is 4.74 Å². The summed E-state index contributed by atoms with van der Waals surface area (Å²) in [5.74, 6) is 0.550. The van der Waals surface area contributed by atoms with Gasteiger partial charge in [-0.25, -0.2) is 0 Å². The van der Waals surface area contributed by atoms with Gasteiger partial charge in [-0.3, -0.25) is 5.41 Å². The van der Waals surface area contributed by atoms with Crippen molar-refractivity contribution in [2.24, 2.45) is 0 Å². The van der Waals surface area contributed by atoms with Crippen molar-refractivity contribution in [2.45, 2.75) is 4.90 Å². The van der Waals surface area contributed by atoms with Crippen LogP contribution in [0.1, 0.15) is 11.1 Å². The van der Waals surface area contributed by atoms with E-state index in [0.717, 1.165) is 16.7 Å². The molecule has 0 saturated carbocycles. The third-order valence-electron chi connectivity index (χ3n) is 2.78. The van der Waals surface area contributed by atoms with Crippen LogP contribution in [0.3, 0.4) is 0 Å². The Bertz CT molecular complexity index is 693. The van der Waals surface area contributed by atoms with Gasteiger partial charge in [-0.05, 0) is 42.1 Å². The van der Waals surface area contributed by atoms with Gasteiger partial charge < -0.3 is 9.84 Å². The van der Waals surface area contributed by atoms with Crippen molar-refractivity contribution in [3.8, 4) is 16.9 Å². The minimum absolute atomic E-state index is 0.0510. The van der Waals surface area contributed by atoms with E-state index < -0.39 is 0 Å². The largest absolute Gasteiger partial charge is 0.507 e. The van der Waals surface area contributed by atoms with Gasteiger partial charge in [0.05, 0.1) is 12.8 Å². The Balaban J connectivity index is 2.45. The first-order chi connectivity index (χ1) is 9.67. The number of thiocyanates is 1. The second-order valence-corrected chi connectivity index (χ2v) is 4.81. The molecule has 0 amide bonds. The van der Waals surface area contributed by atoms with Crippen LogP contribution >= 0.6 is 11.8 Å². The standard InChI is InChI=1S/C15H12N2O2S/c1-19-14-8-10(20-9-16)6-7-12(14)15(17)11-4-2-3-5-13(11)18/h2-8,17-18H,1H3. The highest BCUT2D eigenvalue weighted by atomic mass is 32.2. The van der Waals surface area contributed by atoms with Gasteiger partial charge in [0, 0.05) is 16.0 Å². The second-order valence-electron chi connectivity index (χ2n) is 3.95. The molecule has 0 aliphatic heterocycles. The highest BCUT2D eigenvalue weighted by Gasteiger charge is 2.14. The number of phenols is 1. The lowest BCUT2D eigenvalue weighted by molar-refractivity contribution is 0.413. The van der Waals surface area contributed by atoms with Crippen molar-refractivity contribution in [3.63, 3.8) is 0 Å². The Morgan fingerprint density at radius 2 is 2.00 bits per heavy atom. The quantitative estimate of drug-likeness (QED) is 0.512. The van der Waals surface area contributed by atoms with Crippen LogP contribution in [0.5, 0.6) is 11.5 Å². The molecular weight excluding hydrogens is 272 g/mol. The molecule has 5 heteroatoms. The molecule has 0 atom stereocenters. The lowest BCUT2D eigenvalue weighted by Gasteiger charge is -2.11. The lowest BCUT2D eigenvalue weighted by atomic mass is 10.0. The first kappa shape index (κ1) is 14.0. The Labute approximate surface area is 121 Å². The molecule has 20 heavy (non-hydrogen) atoms. The molecule has 0 aromatic heterocycles. The van der Waals surface area contributed by atoms with Crippen molar-refractivity contribution in [1.82, 2.24) is 0 Å². The number of hydrogen-bond donors (Lipinski definition) is 2. The van der Waals surface area contributed by atoms with E-state index in [0.29, 0.717) is 16.9 Å². The molecule has 0 radical (unpaired) electrons. The number of thioether (sulfide) groups is 1. The maximum atomic E-state index is 9.82. The number of nitrogens with one attached hydrogen (secondary N) is 1. The molecule has 0 aliphatic carbocycles. The van der Waals surface area contributed by atoms with Gasteiger partial charge in [0.15, 0.2) is 0 Å². The zero-order valence-electron chi connectivity index (χ0n) is 10.8. The van der Waals surface area contributed by atoms with Gasteiger partial charge in [-0.1, -0.05) is 12.1 Å². The molecule has 2 aromatic rings. The topological polar surface area (TPSA) is 77.1 Å². The van der Waals surface area contributed by atoms with Gasteiger partial charge >= 0.3 is 0 Å². The molecule has 2 aromatic carbocycles. The Hall–Kier alpha value is -2.45. The van der Waals surface area contributed by atoms with Crippen LogP contribution in [0.4, 0.5) is 0 Å². The number of para-hydroxylation sites is 1. The Morgan fingerprint density at radius 1 is 1.25 bits per heavy atom. The van der Waals surface area contributed by atoms with Crippen molar-refractivity contribution in [1.29, 1.82) is 10.7 Å². The summed E-state index contributed by atoms with van der Waals surface area (Å²) >= 11 is 1.03. The highest BCUT2D eigenvalue weighted by Crippen LogP contribution is 2.29. The predicted octanol–water partition coefficient (Wildman–Crippen LogP) is 3.39. The van der Waals surface area contributed by atoms with Crippen molar-refractivity contribution >= 4 is 17.5 Å². The van der Waals surface area contributed by atoms with E-state index in [9.17, 15) is 5.11 Å². The van der Waals surface area contributed by atoms with Crippen LogP contribution in [0.15, 0.2) is 47.4 Å². The van der Waals surface area contributed by atoms with Gasteiger partial charge in [0.1, 0.15) is 16.9 Å². The molecule has 0 heterocycles. The Morgan fingerprint density at radius 3 is 2.65 bits per heavy atom. The lowest BCUT2D eigenvalue weighted by Crippen LogP contribution is -2.04. The summed E-state index contributed by atoms with van der Waals surface area (Å²) in [6.45, 7) is 0. The third-order valence-corrected chi connectivity index (χ3v) is 3.36. The summed E-state index contributed by atoms with van der Waals surface area (Å²) in [6, 6.07) is 11.8. The van der Waals surface area contributed by atoms with E-state index in [1.165, 1.54) is 13.2 Å². The fourth-order valence-corrected chi connectivity index (χ4v) is 2.23. The number of phenolic OH excluding ortho intramolecular Hbond substituents is 1. The van der Waals surface area contributed by atoms with E-state index in [4.69, 9.17) is 15.4 Å². The van der Waals surface area contributed by atoms with Crippen LogP contribution in [-0.4, -0.2) is 17.9 Å². The fraction of sp³-hybridized carbons (Fsp3) is 0.0667. The molecule has 0 aliphatic rings. The van der Waals surface area contributed by atoms with Crippen LogP contribution in [0.25, 0.3) is 0 Å². The number of benzene rings is 2. The zero-order valence-corrected chi connectivity index (χ0v) is 11.6. The van der Waals surface area contributed by atoms with Crippen molar-refractivity contribution < 1.29 is 9.84 Å². The summed E-state index contributed by atoms with van der Waals surface area (Å²) in [5, 5.41) is 28.7. The smallest absolute Gasteiger partial charge is 0.138 e. The summed E-state index contributed by atoms with van der Waals surface area (Å²) in [6.07, 6.45) is 0. The van der Waals surface area contributed by atoms with Crippen LogP contribution in [-0.2, 0) is 0 Å². The zero-order chi connectivity index (χ0) is 14.5. The van der Waals surface area contributed by atoms with Crippen molar-refractivity contribution in [3.05, 3.63) is 53.6 Å². The van der Waals surface area contributed by atoms with E-state index in [-0.39, 0.29) is 11.5 Å². The highest BCUT2D eigenvalue weighted by molar-refractivity contribution is 8.03. The van der Waals surface area contributed by atoms with Gasteiger partial charge in [-0.2, -0.15) is 5.26 Å². The fourth-order valence-electron chi connectivity index (χ4n) is 1.82. The number of nitrogens with zero attached hydrogens (tertiary/aromatic N) is 1. The number of nitriles is 1. The van der Waals surface area contributed by atoms with Crippen LogP contribution in [0.2, 0.25) is 0 Å². The molecule has 2 N–H and O–H groups in total. The summed E-state index contributed by atoms with van der Waals surface area (Å²) in [5.41, 5.74) is 1.18. The normalized spacial score (nSPS) is 9.80.